The van der Waals surface area contributed by atoms with Gasteiger partial charge in [-0.25, -0.2) is 37.1 Å². The first-order valence-electron chi connectivity index (χ1n) is 10.0. The van der Waals surface area contributed by atoms with E-state index >= 15 is 0 Å². The van der Waals surface area contributed by atoms with Crippen LogP contribution in [0.3, 0.4) is 0 Å². The van der Waals surface area contributed by atoms with E-state index < -0.39 is 27.6 Å². The minimum absolute atomic E-state index is 0.0165. The van der Waals surface area contributed by atoms with Crippen molar-refractivity contribution in [3.8, 4) is 0 Å². The molecule has 0 spiro atoms. The molecule has 0 atom stereocenters. The number of carbonyl (C=O) groups is 1. The van der Waals surface area contributed by atoms with Crippen LogP contribution in [0.5, 0.6) is 0 Å². The summed E-state index contributed by atoms with van der Waals surface area (Å²) in [6, 6.07) is 8.78. The summed E-state index contributed by atoms with van der Waals surface area (Å²) in [5.41, 5.74) is 13.6. The second kappa shape index (κ2) is 10.7. The van der Waals surface area contributed by atoms with Crippen LogP contribution in [0.2, 0.25) is 0 Å². The lowest BCUT2D eigenvalue weighted by Gasteiger charge is -2.13. The first-order valence-corrected chi connectivity index (χ1v) is 12.4. The van der Waals surface area contributed by atoms with Crippen molar-refractivity contribution >= 4 is 44.0 Å². The fourth-order valence-electron chi connectivity index (χ4n) is 2.95. The Morgan fingerprint density at radius 2 is 1.80 bits per heavy atom. The van der Waals surface area contributed by atoms with E-state index in [1.54, 1.807) is 6.92 Å². The molecule has 0 unspecified atom stereocenters. The molecule has 1 aromatic heterocycles. The van der Waals surface area contributed by atoms with E-state index in [1.807, 2.05) is 0 Å². The van der Waals surface area contributed by atoms with Gasteiger partial charge in [0, 0.05) is 28.6 Å². The number of aliphatic imine (C=N–C) groups is 1. The summed E-state index contributed by atoms with van der Waals surface area (Å²) < 4.78 is 55.2. The van der Waals surface area contributed by atoms with Gasteiger partial charge in [0.2, 0.25) is 15.2 Å². The molecule has 0 aliphatic rings. The number of thiazole rings is 1. The standard InChI is InChI=1S/C22H21F2N5O4S2/c1-2-33-21(30)18-11-34-22(28-18)29-20(26)15(19(25)13-5-8-16(23)17(24)10-13)9-12-3-6-14(7-4-12)35(27,31)32/h3-8,10-11H,2,9,25H2,1H3,(H2,26,28,29)(H2,27,31,32). The Hall–Kier alpha value is -3.68. The number of halogens is 2. The van der Waals surface area contributed by atoms with Gasteiger partial charge in [0.25, 0.3) is 0 Å². The molecule has 35 heavy (non-hydrogen) atoms. The molecule has 2 aromatic carbocycles. The van der Waals surface area contributed by atoms with Crippen LogP contribution < -0.4 is 16.6 Å². The number of primary sulfonamides is 1. The van der Waals surface area contributed by atoms with Gasteiger partial charge in [-0.3, -0.25) is 0 Å². The zero-order chi connectivity index (χ0) is 25.8. The third kappa shape index (κ3) is 6.47. The quantitative estimate of drug-likeness (QED) is 0.233. The Balaban J connectivity index is 2.04. The molecule has 6 N–H and O–H groups in total. The van der Waals surface area contributed by atoms with Gasteiger partial charge in [-0.1, -0.05) is 12.1 Å². The highest BCUT2D eigenvalue weighted by Gasteiger charge is 2.17. The zero-order valence-corrected chi connectivity index (χ0v) is 20.0. The number of hydrogen-bond acceptors (Lipinski definition) is 8. The highest BCUT2D eigenvalue weighted by molar-refractivity contribution is 7.89. The zero-order valence-electron chi connectivity index (χ0n) is 18.4. The topological polar surface area (TPSA) is 164 Å². The number of rotatable bonds is 8. The molecule has 3 aromatic rings. The van der Waals surface area contributed by atoms with Crippen LogP contribution in [-0.4, -0.2) is 31.8 Å². The maximum atomic E-state index is 13.8. The van der Waals surface area contributed by atoms with Gasteiger partial charge in [-0.15, -0.1) is 11.3 Å². The first-order chi connectivity index (χ1) is 16.5. The van der Waals surface area contributed by atoms with E-state index in [9.17, 15) is 22.0 Å². The van der Waals surface area contributed by atoms with E-state index in [1.165, 1.54) is 35.7 Å². The third-order valence-corrected chi connectivity index (χ3v) is 6.35. The van der Waals surface area contributed by atoms with Gasteiger partial charge in [0.15, 0.2) is 17.3 Å². The van der Waals surface area contributed by atoms with Crippen LogP contribution in [0.25, 0.3) is 5.70 Å². The van der Waals surface area contributed by atoms with Crippen molar-refractivity contribution in [2.45, 2.75) is 18.2 Å². The number of esters is 1. The third-order valence-electron chi connectivity index (χ3n) is 4.69. The molecule has 13 heteroatoms. The second-order valence-corrected chi connectivity index (χ2v) is 9.52. The Bertz CT molecular complexity index is 1420. The lowest BCUT2D eigenvalue weighted by atomic mass is 9.99. The number of nitrogens with zero attached hydrogens (tertiary/aromatic N) is 2. The minimum atomic E-state index is -3.89. The maximum Gasteiger partial charge on any atom is 0.357 e. The van der Waals surface area contributed by atoms with Crippen molar-refractivity contribution in [3.05, 3.63) is 81.9 Å². The first kappa shape index (κ1) is 25.9. The molecular weight excluding hydrogens is 500 g/mol. The van der Waals surface area contributed by atoms with Crippen molar-refractivity contribution in [1.82, 2.24) is 4.98 Å². The van der Waals surface area contributed by atoms with Gasteiger partial charge < -0.3 is 16.2 Å². The van der Waals surface area contributed by atoms with Gasteiger partial charge in [-0.05, 0) is 42.8 Å². The molecule has 184 valence electrons. The number of sulfonamides is 1. The summed E-state index contributed by atoms with van der Waals surface area (Å²) in [5, 5.41) is 6.73. The number of hydrogen-bond donors (Lipinski definition) is 3. The Kier molecular flexibility index (Phi) is 7.94. The van der Waals surface area contributed by atoms with Crippen molar-refractivity contribution < 1.29 is 26.7 Å². The van der Waals surface area contributed by atoms with Crippen molar-refractivity contribution in [3.63, 3.8) is 0 Å². The van der Waals surface area contributed by atoms with Gasteiger partial charge in [0.1, 0.15) is 5.84 Å². The Labute approximate surface area is 204 Å². The minimum Gasteiger partial charge on any atom is -0.461 e. The van der Waals surface area contributed by atoms with Gasteiger partial charge in [0.05, 0.1) is 11.5 Å². The van der Waals surface area contributed by atoms with E-state index in [0.29, 0.717) is 5.56 Å². The average molecular weight is 522 g/mol. The van der Waals surface area contributed by atoms with Crippen LogP contribution in [0, 0.1) is 11.6 Å². The van der Waals surface area contributed by atoms with Gasteiger partial charge >= 0.3 is 5.97 Å². The molecule has 3 rings (SSSR count). The molecule has 0 aliphatic carbocycles. The highest BCUT2D eigenvalue weighted by Crippen LogP contribution is 2.24. The largest absolute Gasteiger partial charge is 0.461 e. The lowest BCUT2D eigenvalue weighted by Crippen LogP contribution is -2.21. The summed E-state index contributed by atoms with van der Waals surface area (Å²) >= 11 is 1.04. The Morgan fingerprint density at radius 1 is 1.11 bits per heavy atom. The molecule has 1 heterocycles. The number of nitrogens with two attached hydrogens (primary N) is 3. The SMILES string of the molecule is CCOC(=O)c1csc(N=C(N)C(Cc2ccc(S(N)(=O)=O)cc2)=C(N)c2ccc(F)c(F)c2)n1. The van der Waals surface area contributed by atoms with E-state index in [2.05, 4.69) is 9.98 Å². The van der Waals surface area contributed by atoms with E-state index in [4.69, 9.17) is 21.3 Å². The summed E-state index contributed by atoms with van der Waals surface area (Å²) in [5.74, 6) is -2.85. The number of amidine groups is 1. The summed E-state index contributed by atoms with van der Waals surface area (Å²) in [7, 11) is -3.89. The molecule has 0 radical (unpaired) electrons. The van der Waals surface area contributed by atoms with E-state index in [-0.39, 0.29) is 51.4 Å². The second-order valence-electron chi connectivity index (χ2n) is 7.12. The number of aromatic nitrogens is 1. The van der Waals surface area contributed by atoms with Crippen LogP contribution in [0.4, 0.5) is 13.9 Å². The van der Waals surface area contributed by atoms with Crippen LogP contribution in [-0.2, 0) is 21.2 Å². The summed E-state index contributed by atoms with van der Waals surface area (Å²) in [4.78, 5) is 20.1. The molecule has 0 aliphatic heterocycles. The predicted molar refractivity (Wildman–Crippen MR) is 128 cm³/mol. The van der Waals surface area contributed by atoms with Crippen LogP contribution in [0.15, 0.2) is 63.3 Å². The fraction of sp³-hybridized carbons (Fsp3) is 0.136. The summed E-state index contributed by atoms with van der Waals surface area (Å²) in [6.07, 6.45) is 0.0567. The normalized spacial score (nSPS) is 12.9. The number of carbonyl (C=O) groups excluding carboxylic acids is 1. The predicted octanol–water partition coefficient (Wildman–Crippen LogP) is 2.85. The Morgan fingerprint density at radius 3 is 2.40 bits per heavy atom. The van der Waals surface area contributed by atoms with Gasteiger partial charge in [-0.2, -0.15) is 0 Å². The average Bonchev–Trinajstić information content (AvgIpc) is 3.27. The number of ether oxygens (including phenoxy) is 1. The smallest absolute Gasteiger partial charge is 0.357 e. The fourth-order valence-corrected chi connectivity index (χ4v) is 4.13. The molecular formula is C22H21F2N5O4S2. The maximum absolute atomic E-state index is 13.8. The van der Waals surface area contributed by atoms with E-state index in [0.717, 1.165) is 23.5 Å². The monoisotopic (exact) mass is 521 g/mol. The van der Waals surface area contributed by atoms with Crippen molar-refractivity contribution in [2.75, 3.05) is 6.61 Å². The van der Waals surface area contributed by atoms with Crippen LogP contribution in [0.1, 0.15) is 28.5 Å². The molecule has 0 saturated carbocycles. The molecule has 9 nitrogen and oxygen atoms in total. The van der Waals surface area contributed by atoms with Crippen LogP contribution >= 0.6 is 11.3 Å². The lowest BCUT2D eigenvalue weighted by molar-refractivity contribution is 0.0520. The van der Waals surface area contributed by atoms with Crippen molar-refractivity contribution in [1.29, 1.82) is 0 Å². The highest BCUT2D eigenvalue weighted by atomic mass is 32.2. The molecule has 0 fully saturated rings. The molecule has 0 saturated heterocycles. The van der Waals surface area contributed by atoms with Crippen molar-refractivity contribution in [2.24, 2.45) is 21.6 Å². The number of benzene rings is 2. The molecule has 0 amide bonds. The summed E-state index contributed by atoms with van der Waals surface area (Å²) in [6.45, 7) is 1.84. The molecule has 0 bridgehead atoms.